The number of amides is 1. The molecule has 7 heteroatoms. The number of hydrogen-bond donors (Lipinski definition) is 1. The molecule has 0 spiro atoms. The Kier molecular flexibility index (Phi) is 12.2. The Bertz CT molecular complexity index is 598. The molecule has 30 heavy (non-hydrogen) atoms. The van der Waals surface area contributed by atoms with Crippen LogP contribution in [-0.2, 0) is 25.3 Å². The molecule has 1 aromatic carbocycles. The number of carbonyl (C=O) groups is 1. The van der Waals surface area contributed by atoms with Crippen molar-refractivity contribution in [1.29, 1.82) is 0 Å². The highest BCUT2D eigenvalue weighted by molar-refractivity contribution is 6.73. The van der Waals surface area contributed by atoms with Crippen LogP contribution in [0.1, 0.15) is 40.2 Å². The first kappa shape index (κ1) is 26.6. The third kappa shape index (κ3) is 8.02. The maximum absolute atomic E-state index is 12.6. The zero-order valence-electron chi connectivity index (χ0n) is 19.8. The molecule has 1 N–H and O–H groups in total. The van der Waals surface area contributed by atoms with Crippen molar-refractivity contribution in [3.63, 3.8) is 0 Å². The van der Waals surface area contributed by atoms with E-state index in [0.29, 0.717) is 13.2 Å². The fourth-order valence-corrected chi connectivity index (χ4v) is 6.65. The summed E-state index contributed by atoms with van der Waals surface area (Å²) in [5.41, 5.74) is 1.09. The summed E-state index contributed by atoms with van der Waals surface area (Å²) in [5.74, 6) is 0.589. The summed E-state index contributed by atoms with van der Waals surface area (Å²) in [6, 6.07) is 11.0. The number of ether oxygens (including phenoxy) is 3. The van der Waals surface area contributed by atoms with Crippen molar-refractivity contribution in [1.82, 2.24) is 5.32 Å². The van der Waals surface area contributed by atoms with Crippen LogP contribution in [0.5, 0.6) is 5.75 Å². The summed E-state index contributed by atoms with van der Waals surface area (Å²) in [7, 11) is 1.35. The monoisotopic (exact) mass is 439 g/mol. The van der Waals surface area contributed by atoms with Crippen LogP contribution >= 0.6 is 0 Å². The summed E-state index contributed by atoms with van der Waals surface area (Å²) < 4.78 is 23.0. The number of rotatable bonds is 15. The van der Waals surface area contributed by atoms with Gasteiger partial charge in [-0.05, 0) is 35.8 Å². The maximum Gasteiger partial charge on any atom is 0.227 e. The zero-order valence-corrected chi connectivity index (χ0v) is 20.8. The van der Waals surface area contributed by atoms with E-state index in [-0.39, 0.29) is 30.6 Å². The van der Waals surface area contributed by atoms with Crippen molar-refractivity contribution in [2.45, 2.75) is 65.5 Å². The summed E-state index contributed by atoms with van der Waals surface area (Å²) in [6.45, 7) is 11.9. The molecule has 0 aliphatic heterocycles. The van der Waals surface area contributed by atoms with Crippen LogP contribution in [0.4, 0.5) is 0 Å². The fourth-order valence-electron chi connectivity index (χ4n) is 3.63. The molecule has 6 nitrogen and oxygen atoms in total. The van der Waals surface area contributed by atoms with E-state index in [4.69, 9.17) is 18.6 Å². The second kappa shape index (κ2) is 13.8. The predicted octanol–water partition coefficient (Wildman–Crippen LogP) is 4.59. The molecule has 3 atom stereocenters. The number of methoxy groups -OCH3 is 2. The van der Waals surface area contributed by atoms with Crippen LogP contribution < -0.4 is 10.1 Å². The van der Waals surface area contributed by atoms with Gasteiger partial charge in [-0.2, -0.15) is 0 Å². The maximum atomic E-state index is 12.6. The van der Waals surface area contributed by atoms with Gasteiger partial charge in [-0.1, -0.05) is 46.8 Å². The molecule has 172 valence electrons. The first-order valence-electron chi connectivity index (χ1n) is 11.0. The first-order valence-corrected chi connectivity index (χ1v) is 13.5. The molecule has 0 heterocycles. The smallest absolute Gasteiger partial charge is 0.227 e. The van der Waals surface area contributed by atoms with Gasteiger partial charge < -0.3 is 24.0 Å². The topological polar surface area (TPSA) is 66.0 Å². The van der Waals surface area contributed by atoms with Crippen molar-refractivity contribution in [3.8, 4) is 5.75 Å². The highest BCUT2D eigenvalue weighted by atomic mass is 28.4. The van der Waals surface area contributed by atoms with E-state index in [1.54, 1.807) is 14.2 Å². The summed E-state index contributed by atoms with van der Waals surface area (Å²) in [5, 5.41) is 2.82. The Labute approximate surface area is 183 Å². The summed E-state index contributed by atoms with van der Waals surface area (Å²) in [4.78, 5) is 12.6. The van der Waals surface area contributed by atoms with E-state index in [2.05, 4.69) is 33.0 Å². The fraction of sp³-hybridized carbons (Fsp3) is 0.696. The van der Waals surface area contributed by atoms with Gasteiger partial charge in [0.1, 0.15) is 12.5 Å². The van der Waals surface area contributed by atoms with E-state index < -0.39 is 8.32 Å². The van der Waals surface area contributed by atoms with Gasteiger partial charge >= 0.3 is 0 Å². The summed E-state index contributed by atoms with van der Waals surface area (Å²) >= 11 is 0. The molecule has 0 aromatic heterocycles. The van der Waals surface area contributed by atoms with Crippen LogP contribution in [-0.4, -0.2) is 47.9 Å². The Morgan fingerprint density at radius 1 is 1.03 bits per heavy atom. The van der Waals surface area contributed by atoms with Gasteiger partial charge in [0.15, 0.2) is 8.32 Å². The van der Waals surface area contributed by atoms with Crippen LogP contribution in [0, 0.1) is 11.8 Å². The van der Waals surface area contributed by atoms with Crippen LogP contribution in [0.25, 0.3) is 0 Å². The lowest BCUT2D eigenvalue weighted by Gasteiger charge is -2.38. The third-order valence-corrected chi connectivity index (χ3v) is 10.6. The molecular formula is C23H41NO5Si. The molecule has 0 bridgehead atoms. The molecule has 2 unspecified atom stereocenters. The van der Waals surface area contributed by atoms with Crippen molar-refractivity contribution >= 4 is 14.2 Å². The lowest BCUT2D eigenvalue weighted by atomic mass is 9.93. The molecule has 0 saturated heterocycles. The molecular weight excluding hydrogens is 398 g/mol. The van der Waals surface area contributed by atoms with E-state index in [1.807, 2.05) is 31.2 Å². The molecule has 0 aliphatic carbocycles. The van der Waals surface area contributed by atoms with Gasteiger partial charge in [0.2, 0.25) is 5.91 Å². The number of carbonyl (C=O) groups excluding carboxylic acids is 1. The predicted molar refractivity (Wildman–Crippen MR) is 123 cm³/mol. The Morgan fingerprint density at radius 3 is 2.13 bits per heavy atom. The number of benzene rings is 1. The van der Waals surface area contributed by atoms with Crippen LogP contribution in [0.15, 0.2) is 24.3 Å². The molecule has 1 aromatic rings. The minimum absolute atomic E-state index is 0.0462. The zero-order chi connectivity index (χ0) is 22.6. The minimum atomic E-state index is -1.88. The average Bonchev–Trinajstić information content (AvgIpc) is 2.78. The SMILES string of the molecule is CC[Si](CC)(CC)OC(C(C)C(=O)NCOC)[C@@H](C)COCc1ccc(OC)cc1. The molecule has 1 rings (SSSR count). The van der Waals surface area contributed by atoms with Gasteiger partial charge in [0.05, 0.1) is 32.3 Å². The Hall–Kier alpha value is -1.41. The van der Waals surface area contributed by atoms with Gasteiger partial charge in [-0.3, -0.25) is 4.79 Å². The van der Waals surface area contributed by atoms with Crippen molar-refractivity contribution in [3.05, 3.63) is 29.8 Å². The van der Waals surface area contributed by atoms with Gasteiger partial charge in [0, 0.05) is 13.0 Å². The largest absolute Gasteiger partial charge is 0.497 e. The standard InChI is InChI=1S/C23H41NO5Si/c1-8-30(9-2,10-3)29-22(19(5)23(25)24-17-26-6)18(4)15-28-16-20-11-13-21(27-7)14-12-20/h11-14,18-19,22H,8-10,15-17H2,1-7H3,(H,24,25)/t18-,19?,22?/m0/s1. The second-order valence-corrected chi connectivity index (χ2v) is 12.7. The molecule has 0 saturated carbocycles. The van der Waals surface area contributed by atoms with Gasteiger partial charge in [0.25, 0.3) is 0 Å². The van der Waals surface area contributed by atoms with E-state index in [9.17, 15) is 4.79 Å². The Morgan fingerprint density at radius 2 is 1.63 bits per heavy atom. The average molecular weight is 440 g/mol. The number of nitrogens with one attached hydrogen (secondary N) is 1. The van der Waals surface area contributed by atoms with Crippen molar-refractivity contribution in [2.75, 3.05) is 27.6 Å². The van der Waals surface area contributed by atoms with Crippen LogP contribution in [0.2, 0.25) is 18.1 Å². The van der Waals surface area contributed by atoms with E-state index in [0.717, 1.165) is 29.4 Å². The van der Waals surface area contributed by atoms with Gasteiger partial charge in [-0.25, -0.2) is 0 Å². The normalized spacial score (nSPS) is 14.8. The van der Waals surface area contributed by atoms with Crippen molar-refractivity contribution in [2.24, 2.45) is 11.8 Å². The quantitative estimate of drug-likeness (QED) is 0.320. The Balaban J connectivity index is 2.83. The first-order chi connectivity index (χ1) is 14.4. The third-order valence-electron chi connectivity index (χ3n) is 5.99. The minimum Gasteiger partial charge on any atom is -0.497 e. The second-order valence-electron chi connectivity index (χ2n) is 7.93. The van der Waals surface area contributed by atoms with Gasteiger partial charge in [-0.15, -0.1) is 0 Å². The lowest BCUT2D eigenvalue weighted by molar-refractivity contribution is -0.130. The molecule has 0 fully saturated rings. The molecule has 1 amide bonds. The van der Waals surface area contributed by atoms with E-state index >= 15 is 0 Å². The molecule has 0 radical (unpaired) electrons. The summed E-state index contributed by atoms with van der Waals surface area (Å²) in [6.07, 6.45) is -0.191. The van der Waals surface area contributed by atoms with Crippen molar-refractivity contribution < 1.29 is 23.4 Å². The van der Waals surface area contributed by atoms with E-state index in [1.165, 1.54) is 0 Å². The molecule has 0 aliphatic rings. The van der Waals surface area contributed by atoms with Crippen LogP contribution in [0.3, 0.4) is 0 Å². The lowest BCUT2D eigenvalue weighted by Crippen LogP contribution is -2.49. The highest BCUT2D eigenvalue weighted by Gasteiger charge is 2.38. The highest BCUT2D eigenvalue weighted by Crippen LogP contribution is 2.29. The number of hydrogen-bond acceptors (Lipinski definition) is 5.